The summed E-state index contributed by atoms with van der Waals surface area (Å²) in [7, 11) is 0. The van der Waals surface area contributed by atoms with E-state index in [2.05, 4.69) is 9.97 Å². The van der Waals surface area contributed by atoms with Gasteiger partial charge in [-0.15, -0.1) is 11.3 Å². The lowest BCUT2D eigenvalue weighted by Crippen LogP contribution is -2.41. The van der Waals surface area contributed by atoms with Crippen molar-refractivity contribution in [1.82, 2.24) is 28.1 Å². The molecule has 0 aliphatic heterocycles. The molecule has 1 aromatic carbocycles. The van der Waals surface area contributed by atoms with Crippen LogP contribution in [0.5, 0.6) is 0 Å². The van der Waals surface area contributed by atoms with Gasteiger partial charge in [-0.25, -0.2) is 14.8 Å². The highest BCUT2D eigenvalue weighted by molar-refractivity contribution is 7.15. The van der Waals surface area contributed by atoms with Crippen LogP contribution in [0.25, 0.3) is 16.1 Å². The highest BCUT2D eigenvalue weighted by Crippen LogP contribution is 2.11. The summed E-state index contributed by atoms with van der Waals surface area (Å²) in [5.74, 6) is 0. The molecule has 4 heterocycles. The second-order valence-corrected chi connectivity index (χ2v) is 7.96. The molecule has 9 nitrogen and oxygen atoms in total. The van der Waals surface area contributed by atoms with E-state index in [1.54, 1.807) is 22.5 Å². The fourth-order valence-corrected chi connectivity index (χ4v) is 4.40. The molecular formula is C21H18N6O3S. The molecule has 0 amide bonds. The van der Waals surface area contributed by atoms with E-state index in [-0.39, 0.29) is 18.6 Å². The molecule has 156 valence electrons. The summed E-state index contributed by atoms with van der Waals surface area (Å²) in [5, 5.41) is 1.76. The first kappa shape index (κ1) is 19.2. The normalized spacial score (nSPS) is 11.5. The zero-order chi connectivity index (χ0) is 21.5. The monoisotopic (exact) mass is 434 g/mol. The van der Waals surface area contributed by atoms with Crippen LogP contribution in [0, 0.1) is 0 Å². The third-order valence-corrected chi connectivity index (χ3v) is 5.94. The smallest absolute Gasteiger partial charge is 0.325 e. The fraction of sp³-hybridized carbons (Fsp3) is 0.190. The molecule has 31 heavy (non-hydrogen) atoms. The van der Waals surface area contributed by atoms with Crippen LogP contribution in [0.15, 0.2) is 68.7 Å². The van der Waals surface area contributed by atoms with E-state index in [0.29, 0.717) is 28.4 Å². The van der Waals surface area contributed by atoms with Gasteiger partial charge in [-0.05, 0) is 12.5 Å². The first-order valence-electron chi connectivity index (χ1n) is 9.75. The van der Waals surface area contributed by atoms with Crippen LogP contribution in [0.3, 0.4) is 0 Å². The molecule has 0 saturated heterocycles. The van der Waals surface area contributed by atoms with Gasteiger partial charge in [0.1, 0.15) is 0 Å². The molecule has 0 fully saturated rings. The van der Waals surface area contributed by atoms with Crippen LogP contribution in [0.4, 0.5) is 0 Å². The summed E-state index contributed by atoms with van der Waals surface area (Å²) in [4.78, 5) is 48.3. The predicted molar refractivity (Wildman–Crippen MR) is 118 cm³/mol. The number of rotatable bonds is 5. The molecule has 0 aliphatic rings. The number of aryl methyl sites for hydroxylation is 1. The van der Waals surface area contributed by atoms with Crippen molar-refractivity contribution in [2.75, 3.05) is 0 Å². The van der Waals surface area contributed by atoms with Crippen molar-refractivity contribution >= 4 is 27.5 Å². The molecule has 0 atom stereocenters. The van der Waals surface area contributed by atoms with Crippen molar-refractivity contribution in [2.24, 2.45) is 0 Å². The lowest BCUT2D eigenvalue weighted by molar-refractivity contribution is 0.620. The molecule has 0 aliphatic carbocycles. The van der Waals surface area contributed by atoms with E-state index < -0.39 is 11.2 Å². The van der Waals surface area contributed by atoms with Gasteiger partial charge >= 0.3 is 5.69 Å². The predicted octanol–water partition coefficient (Wildman–Crippen LogP) is 1.55. The lowest BCUT2D eigenvalue weighted by Gasteiger charge is -2.12. The molecule has 5 aromatic rings. The van der Waals surface area contributed by atoms with Gasteiger partial charge in [-0.1, -0.05) is 30.3 Å². The average molecular weight is 434 g/mol. The summed E-state index contributed by atoms with van der Waals surface area (Å²) in [5.41, 5.74) is 0.787. The van der Waals surface area contributed by atoms with Gasteiger partial charge < -0.3 is 4.57 Å². The standard InChI is InChI=1S/C21H18N6O3S/c1-2-24-13-22-18-17(24)19(29)27(21(30)26(18)11-14-6-4-3-5-7-14)12-15-10-16(28)25-8-9-31-20(25)23-15/h3-10,13H,2,11-12H2,1H3. The Morgan fingerprint density at radius 3 is 2.61 bits per heavy atom. The summed E-state index contributed by atoms with van der Waals surface area (Å²) in [6.07, 6.45) is 3.21. The van der Waals surface area contributed by atoms with Crippen molar-refractivity contribution in [3.63, 3.8) is 0 Å². The molecule has 0 saturated carbocycles. The molecule has 0 bridgehead atoms. The largest absolute Gasteiger partial charge is 0.333 e. The molecule has 0 spiro atoms. The lowest BCUT2D eigenvalue weighted by atomic mass is 10.2. The molecule has 10 heteroatoms. The van der Waals surface area contributed by atoms with Crippen molar-refractivity contribution < 1.29 is 0 Å². The Balaban J connectivity index is 1.72. The topological polar surface area (TPSA) is 96.2 Å². The number of hydrogen-bond acceptors (Lipinski definition) is 6. The van der Waals surface area contributed by atoms with E-state index in [4.69, 9.17) is 0 Å². The SMILES string of the molecule is CCn1cnc2c1c(=O)n(Cc1cc(=O)n3ccsc3n1)c(=O)n2Cc1ccccc1. The van der Waals surface area contributed by atoms with Gasteiger partial charge in [-0.3, -0.25) is 23.1 Å². The fourth-order valence-electron chi connectivity index (χ4n) is 3.66. The number of aromatic nitrogens is 6. The third kappa shape index (κ3) is 3.21. The zero-order valence-corrected chi connectivity index (χ0v) is 17.5. The molecule has 0 radical (unpaired) electrons. The second kappa shape index (κ2) is 7.47. The highest BCUT2D eigenvalue weighted by atomic mass is 32.1. The Morgan fingerprint density at radius 1 is 1.03 bits per heavy atom. The van der Waals surface area contributed by atoms with Crippen LogP contribution in [0.2, 0.25) is 0 Å². The number of fused-ring (bicyclic) bond motifs is 2. The first-order chi connectivity index (χ1) is 15.1. The Bertz CT molecular complexity index is 1590. The quantitative estimate of drug-likeness (QED) is 0.418. The first-order valence-corrected chi connectivity index (χ1v) is 10.6. The molecular weight excluding hydrogens is 416 g/mol. The third-order valence-electron chi connectivity index (χ3n) is 5.18. The van der Waals surface area contributed by atoms with E-state index in [9.17, 15) is 14.4 Å². The summed E-state index contributed by atoms with van der Waals surface area (Å²) >= 11 is 1.32. The summed E-state index contributed by atoms with van der Waals surface area (Å²) in [6, 6.07) is 10.9. The van der Waals surface area contributed by atoms with Gasteiger partial charge in [0.25, 0.3) is 11.1 Å². The molecule has 4 aromatic heterocycles. The van der Waals surface area contributed by atoms with Gasteiger partial charge in [0.15, 0.2) is 16.1 Å². The van der Waals surface area contributed by atoms with E-state index >= 15 is 0 Å². The molecule has 0 N–H and O–H groups in total. The molecule has 0 unspecified atom stereocenters. The minimum absolute atomic E-state index is 0.0963. The minimum atomic E-state index is -0.490. The average Bonchev–Trinajstić information content (AvgIpc) is 3.42. The Morgan fingerprint density at radius 2 is 1.84 bits per heavy atom. The Kier molecular flexibility index (Phi) is 4.63. The van der Waals surface area contributed by atoms with Crippen molar-refractivity contribution in [2.45, 2.75) is 26.6 Å². The van der Waals surface area contributed by atoms with Gasteiger partial charge in [0.2, 0.25) is 0 Å². The van der Waals surface area contributed by atoms with Crippen molar-refractivity contribution in [3.8, 4) is 0 Å². The number of thiazole rings is 1. The number of benzene rings is 1. The van der Waals surface area contributed by atoms with Gasteiger partial charge in [0.05, 0.1) is 25.1 Å². The maximum atomic E-state index is 13.4. The molecule has 5 rings (SSSR count). The van der Waals surface area contributed by atoms with E-state index in [1.165, 1.54) is 26.4 Å². The maximum Gasteiger partial charge on any atom is 0.333 e. The Hall–Kier alpha value is -3.79. The van der Waals surface area contributed by atoms with Crippen LogP contribution < -0.4 is 16.8 Å². The van der Waals surface area contributed by atoms with Crippen molar-refractivity contribution in [3.05, 3.63) is 96.8 Å². The van der Waals surface area contributed by atoms with Crippen LogP contribution in [-0.2, 0) is 19.6 Å². The van der Waals surface area contributed by atoms with Crippen LogP contribution >= 0.6 is 11.3 Å². The van der Waals surface area contributed by atoms with Crippen molar-refractivity contribution in [1.29, 1.82) is 0 Å². The zero-order valence-electron chi connectivity index (χ0n) is 16.6. The number of imidazole rings is 1. The van der Waals surface area contributed by atoms with Gasteiger partial charge in [0, 0.05) is 24.2 Å². The highest BCUT2D eigenvalue weighted by Gasteiger charge is 2.19. The maximum absolute atomic E-state index is 13.4. The minimum Gasteiger partial charge on any atom is -0.325 e. The summed E-state index contributed by atoms with van der Waals surface area (Å²) in [6.45, 7) is 2.62. The second-order valence-electron chi connectivity index (χ2n) is 7.09. The Labute approximate surface area is 179 Å². The number of hydrogen-bond donors (Lipinski definition) is 0. The van der Waals surface area contributed by atoms with Crippen LogP contribution in [-0.4, -0.2) is 28.1 Å². The number of nitrogens with zero attached hydrogens (tertiary/aromatic N) is 6. The van der Waals surface area contributed by atoms with E-state index in [1.807, 2.05) is 37.3 Å². The van der Waals surface area contributed by atoms with Gasteiger partial charge in [-0.2, -0.15) is 0 Å². The van der Waals surface area contributed by atoms with Crippen LogP contribution in [0.1, 0.15) is 18.2 Å². The van der Waals surface area contributed by atoms with E-state index in [0.717, 1.165) is 10.1 Å². The summed E-state index contributed by atoms with van der Waals surface area (Å²) < 4.78 is 5.78.